The monoisotopic (exact) mass is 557 g/mol. The molecule has 5 rings (SSSR count). The number of nitrogens with zero attached hydrogens (tertiary/aromatic N) is 2. The quantitative estimate of drug-likeness (QED) is 0.477. The Hall–Kier alpha value is -4.32. The van der Waals surface area contributed by atoms with Gasteiger partial charge in [-0.3, -0.25) is 14.4 Å². The fraction of sp³-hybridized carbons (Fsp3) is 0.321. The Morgan fingerprint density at radius 1 is 1.00 bits per heavy atom. The number of halogens is 3. The van der Waals surface area contributed by atoms with Gasteiger partial charge in [0.2, 0.25) is 5.91 Å². The molecule has 2 atom stereocenters. The maximum absolute atomic E-state index is 13.8. The zero-order valence-corrected chi connectivity index (χ0v) is 21.6. The predicted molar refractivity (Wildman–Crippen MR) is 138 cm³/mol. The van der Waals surface area contributed by atoms with Crippen LogP contribution in [-0.2, 0) is 9.53 Å². The summed E-state index contributed by atoms with van der Waals surface area (Å²) in [4.78, 5) is 41.8. The summed E-state index contributed by atoms with van der Waals surface area (Å²) < 4.78 is 53.4. The minimum absolute atomic E-state index is 0.0393. The van der Waals surface area contributed by atoms with E-state index in [2.05, 4.69) is 10.1 Å². The van der Waals surface area contributed by atoms with Crippen LogP contribution in [-0.4, -0.2) is 55.7 Å². The molecule has 2 aliphatic heterocycles. The van der Waals surface area contributed by atoms with Gasteiger partial charge in [-0.15, -0.1) is 13.2 Å². The van der Waals surface area contributed by atoms with Crippen molar-refractivity contribution in [2.24, 2.45) is 0 Å². The highest BCUT2D eigenvalue weighted by atomic mass is 19.4. The van der Waals surface area contributed by atoms with Crippen molar-refractivity contribution in [2.45, 2.75) is 31.3 Å². The maximum Gasteiger partial charge on any atom is 0.573 e. The second-order valence-corrected chi connectivity index (χ2v) is 9.60. The van der Waals surface area contributed by atoms with E-state index in [-0.39, 0.29) is 29.4 Å². The first kappa shape index (κ1) is 27.3. The van der Waals surface area contributed by atoms with Crippen LogP contribution < -0.4 is 25.2 Å². The first-order valence-corrected chi connectivity index (χ1v) is 12.5. The van der Waals surface area contributed by atoms with E-state index >= 15 is 0 Å². The van der Waals surface area contributed by atoms with E-state index < -0.39 is 35.9 Å². The summed E-state index contributed by atoms with van der Waals surface area (Å²) in [5.74, 6) is -1.54. The number of rotatable bonds is 7. The number of amides is 2. The van der Waals surface area contributed by atoms with Gasteiger partial charge in [-0.1, -0.05) is 12.1 Å². The van der Waals surface area contributed by atoms with E-state index in [1.165, 1.54) is 24.1 Å². The van der Waals surface area contributed by atoms with Crippen LogP contribution in [0.15, 0.2) is 65.6 Å². The van der Waals surface area contributed by atoms with E-state index in [0.717, 1.165) is 17.7 Å². The molecule has 1 N–H and O–H groups in total. The summed E-state index contributed by atoms with van der Waals surface area (Å²) in [7, 11) is 1.53. The Bertz CT molecular complexity index is 1470. The molecular formula is C28H26F3N3O6. The number of aryl methyl sites for hydroxylation is 1. The number of benzene rings is 2. The van der Waals surface area contributed by atoms with Gasteiger partial charge in [0, 0.05) is 24.2 Å². The molecule has 0 unspecified atom stereocenters. The van der Waals surface area contributed by atoms with Crippen LogP contribution in [0.4, 0.5) is 18.9 Å². The number of methoxy groups -OCH3 is 1. The summed E-state index contributed by atoms with van der Waals surface area (Å²) in [6.45, 7) is 2.66. The Morgan fingerprint density at radius 3 is 2.23 bits per heavy atom. The van der Waals surface area contributed by atoms with Crippen molar-refractivity contribution in [3.05, 3.63) is 87.8 Å². The third kappa shape index (κ3) is 5.39. The Kier molecular flexibility index (Phi) is 7.28. The highest BCUT2D eigenvalue weighted by molar-refractivity contribution is 6.05. The number of ether oxygens (including phenoxy) is 3. The van der Waals surface area contributed by atoms with Crippen molar-refractivity contribution in [3.63, 3.8) is 0 Å². The van der Waals surface area contributed by atoms with Crippen molar-refractivity contribution < 1.29 is 37.0 Å². The number of hydrogen-bond donors (Lipinski definition) is 1. The Morgan fingerprint density at radius 2 is 1.65 bits per heavy atom. The summed E-state index contributed by atoms with van der Waals surface area (Å²) in [5.41, 5.74) is 1.27. The largest absolute Gasteiger partial charge is 0.573 e. The number of nitrogens with one attached hydrogen (secondary N) is 1. The molecule has 2 aromatic carbocycles. The third-order valence-electron chi connectivity index (χ3n) is 7.07. The lowest BCUT2D eigenvalue weighted by Crippen LogP contribution is -2.45. The molecule has 1 aromatic heterocycles. The lowest BCUT2D eigenvalue weighted by atomic mass is 9.93. The van der Waals surface area contributed by atoms with Gasteiger partial charge < -0.3 is 29.0 Å². The second-order valence-electron chi connectivity index (χ2n) is 9.60. The molecule has 9 nitrogen and oxygen atoms in total. The lowest BCUT2D eigenvalue weighted by molar-refractivity contribution is -0.274. The first-order valence-electron chi connectivity index (χ1n) is 12.5. The van der Waals surface area contributed by atoms with Gasteiger partial charge in [0.25, 0.3) is 11.5 Å². The molecule has 2 fully saturated rings. The zero-order valence-electron chi connectivity index (χ0n) is 21.6. The molecule has 3 aromatic rings. The van der Waals surface area contributed by atoms with Crippen molar-refractivity contribution >= 4 is 17.5 Å². The Balaban J connectivity index is 1.46. The molecule has 3 heterocycles. The van der Waals surface area contributed by atoms with Gasteiger partial charge >= 0.3 is 6.36 Å². The number of carbonyl (C=O) groups excluding carboxylic acids is 2. The van der Waals surface area contributed by atoms with E-state index in [1.807, 2.05) is 0 Å². The van der Waals surface area contributed by atoms with Crippen molar-refractivity contribution in [1.82, 2.24) is 9.88 Å². The zero-order chi connectivity index (χ0) is 28.6. The van der Waals surface area contributed by atoms with Crippen LogP contribution in [0.25, 0.3) is 0 Å². The minimum atomic E-state index is -4.87. The second kappa shape index (κ2) is 10.7. The highest BCUT2D eigenvalue weighted by Gasteiger charge is 2.44. The molecule has 40 heavy (non-hydrogen) atoms. The molecule has 0 saturated carbocycles. The van der Waals surface area contributed by atoms with Crippen molar-refractivity contribution in [2.75, 3.05) is 31.8 Å². The SMILES string of the molecule is COc1ccc([C@@H]2CN(c3c(C)ccn(C4COC4)c3=O)C(=O)[C@H]2NC(=O)c2ccc(OC(F)(F)F)cc2)cc1. The maximum atomic E-state index is 13.8. The minimum Gasteiger partial charge on any atom is -0.497 e. The summed E-state index contributed by atoms with van der Waals surface area (Å²) >= 11 is 0. The lowest BCUT2D eigenvalue weighted by Gasteiger charge is -2.29. The summed E-state index contributed by atoms with van der Waals surface area (Å²) in [5, 5.41) is 2.73. The van der Waals surface area contributed by atoms with Crippen LogP contribution in [0.5, 0.6) is 11.5 Å². The van der Waals surface area contributed by atoms with E-state index in [0.29, 0.717) is 24.5 Å². The van der Waals surface area contributed by atoms with E-state index in [9.17, 15) is 27.6 Å². The van der Waals surface area contributed by atoms with Crippen LogP contribution in [0, 0.1) is 6.92 Å². The van der Waals surface area contributed by atoms with Crippen molar-refractivity contribution in [3.8, 4) is 11.5 Å². The number of hydrogen-bond acceptors (Lipinski definition) is 6. The van der Waals surface area contributed by atoms with Gasteiger partial charge in [0.15, 0.2) is 0 Å². The van der Waals surface area contributed by atoms with Crippen molar-refractivity contribution in [1.29, 1.82) is 0 Å². The number of pyridine rings is 1. The van der Waals surface area contributed by atoms with Crippen LogP contribution in [0.3, 0.4) is 0 Å². The first-order chi connectivity index (χ1) is 19.1. The highest BCUT2D eigenvalue weighted by Crippen LogP contribution is 2.34. The average molecular weight is 558 g/mol. The Labute approximate surface area is 227 Å². The predicted octanol–water partition coefficient (Wildman–Crippen LogP) is 3.56. The molecule has 2 saturated heterocycles. The fourth-order valence-electron chi connectivity index (χ4n) is 4.91. The average Bonchev–Trinajstić information content (AvgIpc) is 3.19. The number of carbonyl (C=O) groups is 2. The molecule has 2 aliphatic rings. The van der Waals surface area contributed by atoms with Gasteiger partial charge in [-0.25, -0.2) is 0 Å². The number of aromatic nitrogens is 1. The molecule has 210 valence electrons. The smallest absolute Gasteiger partial charge is 0.497 e. The van der Waals surface area contributed by atoms with Gasteiger partial charge in [-0.2, -0.15) is 0 Å². The molecule has 0 radical (unpaired) electrons. The molecule has 2 amide bonds. The third-order valence-corrected chi connectivity index (χ3v) is 7.07. The molecular weight excluding hydrogens is 531 g/mol. The van der Waals surface area contributed by atoms with Crippen LogP contribution in [0.2, 0.25) is 0 Å². The summed E-state index contributed by atoms with van der Waals surface area (Å²) in [6.07, 6.45) is -3.18. The van der Waals surface area contributed by atoms with E-state index in [1.54, 1.807) is 48.0 Å². The number of anilines is 1. The fourth-order valence-corrected chi connectivity index (χ4v) is 4.91. The topological polar surface area (TPSA) is 99.1 Å². The van der Waals surface area contributed by atoms with E-state index in [4.69, 9.17) is 9.47 Å². The molecule has 0 bridgehead atoms. The normalized spacial score (nSPS) is 19.3. The van der Waals surface area contributed by atoms with Gasteiger partial charge in [0.05, 0.1) is 26.4 Å². The van der Waals surface area contributed by atoms with Gasteiger partial charge in [-0.05, 0) is 60.5 Å². The summed E-state index contributed by atoms with van der Waals surface area (Å²) in [6, 6.07) is 12.0. The number of alkyl halides is 3. The van der Waals surface area contributed by atoms with Crippen LogP contribution >= 0.6 is 0 Å². The molecule has 12 heteroatoms. The standard InChI is InChI=1S/C28H26F3N3O6/c1-16-11-12-33(19-14-39-15-19)27(37)24(16)34-13-22(17-3-7-20(38-2)8-4-17)23(26(34)36)32-25(35)18-5-9-21(10-6-18)40-28(29,30)31/h3-12,19,22-23H,13-15H2,1-2H3,(H,32,35)/t22-,23-/m0/s1. The molecule has 0 aliphatic carbocycles. The van der Waals surface area contributed by atoms with Crippen LogP contribution in [0.1, 0.15) is 33.4 Å². The molecule has 0 spiro atoms. The van der Waals surface area contributed by atoms with Gasteiger partial charge in [0.1, 0.15) is 23.2 Å².